The molecule has 0 radical (unpaired) electrons. The van der Waals surface area contributed by atoms with Gasteiger partial charge in [0.25, 0.3) is 5.91 Å². The van der Waals surface area contributed by atoms with Crippen molar-refractivity contribution >= 4 is 11.9 Å². The van der Waals surface area contributed by atoms with E-state index in [0.29, 0.717) is 12.3 Å². The van der Waals surface area contributed by atoms with E-state index in [9.17, 15) is 9.59 Å². The Morgan fingerprint density at radius 1 is 1.42 bits per heavy atom. The molecule has 0 aliphatic carbocycles. The van der Waals surface area contributed by atoms with Gasteiger partial charge in [-0.25, -0.2) is 9.78 Å². The van der Waals surface area contributed by atoms with Gasteiger partial charge < -0.3 is 15.2 Å². The molecule has 0 aliphatic rings. The zero-order chi connectivity index (χ0) is 14.4. The number of hydrogen-bond donors (Lipinski definition) is 2. The molecule has 19 heavy (non-hydrogen) atoms. The number of nitrogens with zero attached hydrogens (tertiary/aromatic N) is 1. The van der Waals surface area contributed by atoms with Crippen LogP contribution >= 0.6 is 0 Å². The standard InChI is InChI=1S/C13H18N2O4/c1-4-9(13(17)18)15-12(16)10-6-5-7-11(14-10)19-8(2)3/h5-9H,4H2,1-3H3,(H,15,16)(H,17,18)/t9-/m0/s1. The van der Waals surface area contributed by atoms with E-state index in [1.165, 1.54) is 6.07 Å². The molecule has 0 spiro atoms. The molecule has 6 heteroatoms. The highest BCUT2D eigenvalue weighted by Gasteiger charge is 2.19. The molecule has 1 amide bonds. The quantitative estimate of drug-likeness (QED) is 0.813. The van der Waals surface area contributed by atoms with Crippen LogP contribution in [-0.4, -0.2) is 34.1 Å². The molecule has 0 saturated heterocycles. The van der Waals surface area contributed by atoms with Gasteiger partial charge in [-0.05, 0) is 26.3 Å². The van der Waals surface area contributed by atoms with Crippen molar-refractivity contribution in [1.82, 2.24) is 10.3 Å². The Morgan fingerprint density at radius 3 is 2.63 bits per heavy atom. The van der Waals surface area contributed by atoms with Gasteiger partial charge in [0.05, 0.1) is 6.10 Å². The Morgan fingerprint density at radius 2 is 2.11 bits per heavy atom. The monoisotopic (exact) mass is 266 g/mol. The molecule has 1 rings (SSSR count). The van der Waals surface area contributed by atoms with Crippen LogP contribution < -0.4 is 10.1 Å². The first-order valence-electron chi connectivity index (χ1n) is 6.11. The molecule has 104 valence electrons. The molecular formula is C13H18N2O4. The number of aliphatic carboxylic acids is 1. The molecule has 0 unspecified atom stereocenters. The predicted molar refractivity (Wildman–Crippen MR) is 69.2 cm³/mol. The SMILES string of the molecule is CC[C@H](NC(=O)c1cccc(OC(C)C)n1)C(=O)O. The summed E-state index contributed by atoms with van der Waals surface area (Å²) < 4.78 is 5.38. The van der Waals surface area contributed by atoms with E-state index < -0.39 is 17.9 Å². The second-order valence-corrected chi connectivity index (χ2v) is 4.30. The molecule has 1 heterocycles. The number of carboxylic acids is 1. The molecule has 6 nitrogen and oxygen atoms in total. The maximum absolute atomic E-state index is 11.9. The van der Waals surface area contributed by atoms with Crippen LogP contribution in [0, 0.1) is 0 Å². The van der Waals surface area contributed by atoms with E-state index in [4.69, 9.17) is 9.84 Å². The highest BCUT2D eigenvalue weighted by atomic mass is 16.5. The zero-order valence-corrected chi connectivity index (χ0v) is 11.2. The van der Waals surface area contributed by atoms with Gasteiger partial charge in [-0.15, -0.1) is 0 Å². The summed E-state index contributed by atoms with van der Waals surface area (Å²) in [6.07, 6.45) is 0.261. The van der Waals surface area contributed by atoms with Crippen molar-refractivity contribution in [2.45, 2.75) is 39.3 Å². The summed E-state index contributed by atoms with van der Waals surface area (Å²) in [5, 5.41) is 11.3. The summed E-state index contributed by atoms with van der Waals surface area (Å²) in [7, 11) is 0. The molecule has 0 aromatic carbocycles. The topological polar surface area (TPSA) is 88.5 Å². The first-order chi connectivity index (χ1) is 8.93. The van der Waals surface area contributed by atoms with Crippen molar-refractivity contribution in [1.29, 1.82) is 0 Å². The van der Waals surface area contributed by atoms with Crippen LogP contribution in [0.5, 0.6) is 5.88 Å². The summed E-state index contributed by atoms with van der Waals surface area (Å²) in [5.41, 5.74) is 0.137. The fraction of sp³-hybridized carbons (Fsp3) is 0.462. The van der Waals surface area contributed by atoms with E-state index >= 15 is 0 Å². The number of aromatic nitrogens is 1. The maximum atomic E-state index is 11.9. The van der Waals surface area contributed by atoms with Crippen molar-refractivity contribution < 1.29 is 19.4 Å². The van der Waals surface area contributed by atoms with E-state index in [1.54, 1.807) is 19.1 Å². The Kier molecular flexibility index (Phi) is 5.29. The fourth-order valence-electron chi connectivity index (χ4n) is 1.42. The van der Waals surface area contributed by atoms with Gasteiger partial charge in [-0.3, -0.25) is 4.79 Å². The molecule has 0 saturated carbocycles. The number of carboxylic acid groups (broad SMARTS) is 1. The van der Waals surface area contributed by atoms with Gasteiger partial charge in [0.1, 0.15) is 11.7 Å². The minimum atomic E-state index is -1.06. The lowest BCUT2D eigenvalue weighted by atomic mass is 10.2. The van der Waals surface area contributed by atoms with Crippen LogP contribution in [0.4, 0.5) is 0 Å². The minimum absolute atomic E-state index is 0.0479. The lowest BCUT2D eigenvalue weighted by molar-refractivity contribution is -0.139. The first-order valence-corrected chi connectivity index (χ1v) is 6.11. The molecule has 1 aromatic heterocycles. The van der Waals surface area contributed by atoms with Gasteiger partial charge in [-0.2, -0.15) is 0 Å². The van der Waals surface area contributed by atoms with Gasteiger partial charge >= 0.3 is 5.97 Å². The summed E-state index contributed by atoms with van der Waals surface area (Å²) in [5.74, 6) is -1.25. The van der Waals surface area contributed by atoms with Crippen LogP contribution in [0.2, 0.25) is 0 Å². The maximum Gasteiger partial charge on any atom is 0.326 e. The molecule has 0 bridgehead atoms. The minimum Gasteiger partial charge on any atom is -0.480 e. The largest absolute Gasteiger partial charge is 0.480 e. The van der Waals surface area contributed by atoms with E-state index in [1.807, 2.05) is 13.8 Å². The number of carbonyl (C=O) groups excluding carboxylic acids is 1. The van der Waals surface area contributed by atoms with Crippen LogP contribution in [0.25, 0.3) is 0 Å². The Balaban J connectivity index is 2.79. The number of nitrogens with one attached hydrogen (secondary N) is 1. The Bertz CT molecular complexity index is 460. The van der Waals surface area contributed by atoms with Gasteiger partial charge in [0.2, 0.25) is 5.88 Å². The normalized spacial score (nSPS) is 12.0. The van der Waals surface area contributed by atoms with E-state index in [0.717, 1.165) is 0 Å². The lowest BCUT2D eigenvalue weighted by Gasteiger charge is -2.13. The Hall–Kier alpha value is -2.11. The zero-order valence-electron chi connectivity index (χ0n) is 11.2. The van der Waals surface area contributed by atoms with Crippen molar-refractivity contribution in [3.63, 3.8) is 0 Å². The molecular weight excluding hydrogens is 248 g/mol. The van der Waals surface area contributed by atoms with Crippen molar-refractivity contribution in [2.75, 3.05) is 0 Å². The van der Waals surface area contributed by atoms with Gasteiger partial charge in [-0.1, -0.05) is 13.0 Å². The van der Waals surface area contributed by atoms with Crippen molar-refractivity contribution in [3.8, 4) is 5.88 Å². The number of carbonyl (C=O) groups is 2. The summed E-state index contributed by atoms with van der Waals surface area (Å²) in [4.78, 5) is 26.7. The smallest absolute Gasteiger partial charge is 0.326 e. The summed E-state index contributed by atoms with van der Waals surface area (Å²) >= 11 is 0. The second kappa shape index (κ2) is 6.72. The average molecular weight is 266 g/mol. The van der Waals surface area contributed by atoms with Crippen LogP contribution in [0.1, 0.15) is 37.7 Å². The van der Waals surface area contributed by atoms with Crippen molar-refractivity contribution in [2.24, 2.45) is 0 Å². The molecule has 1 atom stereocenters. The molecule has 0 aliphatic heterocycles. The Labute approximate surface area is 111 Å². The third kappa shape index (κ3) is 4.57. The molecule has 1 aromatic rings. The van der Waals surface area contributed by atoms with Crippen LogP contribution in [-0.2, 0) is 4.79 Å². The van der Waals surface area contributed by atoms with Crippen LogP contribution in [0.3, 0.4) is 0 Å². The van der Waals surface area contributed by atoms with Crippen molar-refractivity contribution in [3.05, 3.63) is 23.9 Å². The number of rotatable bonds is 6. The lowest BCUT2D eigenvalue weighted by Crippen LogP contribution is -2.40. The fourth-order valence-corrected chi connectivity index (χ4v) is 1.42. The highest BCUT2D eigenvalue weighted by molar-refractivity contribution is 5.95. The van der Waals surface area contributed by atoms with E-state index in [-0.39, 0.29) is 11.8 Å². The summed E-state index contributed by atoms with van der Waals surface area (Å²) in [6, 6.07) is 3.88. The van der Waals surface area contributed by atoms with E-state index in [2.05, 4.69) is 10.3 Å². The third-order valence-electron chi connectivity index (χ3n) is 2.32. The predicted octanol–water partition coefficient (Wildman–Crippen LogP) is 1.46. The highest BCUT2D eigenvalue weighted by Crippen LogP contribution is 2.10. The van der Waals surface area contributed by atoms with Gasteiger partial charge in [0, 0.05) is 6.07 Å². The number of hydrogen-bond acceptors (Lipinski definition) is 4. The number of amides is 1. The number of ether oxygens (including phenoxy) is 1. The number of pyridine rings is 1. The second-order valence-electron chi connectivity index (χ2n) is 4.30. The van der Waals surface area contributed by atoms with Crippen LogP contribution in [0.15, 0.2) is 18.2 Å². The van der Waals surface area contributed by atoms with Gasteiger partial charge in [0.15, 0.2) is 0 Å². The average Bonchev–Trinajstić information content (AvgIpc) is 2.34. The summed E-state index contributed by atoms with van der Waals surface area (Å²) in [6.45, 7) is 5.39. The third-order valence-corrected chi connectivity index (χ3v) is 2.32. The first kappa shape index (κ1) is 14.9. The molecule has 2 N–H and O–H groups in total. The molecule has 0 fully saturated rings.